The number of aryl methyl sites for hydroxylation is 2. The van der Waals surface area contributed by atoms with E-state index in [9.17, 15) is 18.0 Å². The Morgan fingerprint density at radius 3 is 2.67 bits per heavy atom. The number of hydrogen-bond acceptors (Lipinski definition) is 5. The van der Waals surface area contributed by atoms with Crippen molar-refractivity contribution in [3.63, 3.8) is 0 Å². The molecule has 1 aliphatic carbocycles. The molecule has 0 spiro atoms. The van der Waals surface area contributed by atoms with Crippen molar-refractivity contribution in [3.05, 3.63) is 46.3 Å². The van der Waals surface area contributed by atoms with Crippen molar-refractivity contribution >= 4 is 33.0 Å². The van der Waals surface area contributed by atoms with Crippen LogP contribution in [0.15, 0.2) is 30.3 Å². The molecule has 2 N–H and O–H groups in total. The van der Waals surface area contributed by atoms with Crippen LogP contribution in [0.25, 0.3) is 10.4 Å². The van der Waals surface area contributed by atoms with Crippen molar-refractivity contribution in [2.45, 2.75) is 25.7 Å². The monoisotopic (exact) mass is 404 g/mol. The first-order valence-electron chi connectivity index (χ1n) is 8.92. The van der Waals surface area contributed by atoms with Crippen molar-refractivity contribution in [1.82, 2.24) is 10.9 Å². The molecule has 2 aliphatic rings. The summed E-state index contributed by atoms with van der Waals surface area (Å²) in [5.74, 6) is -0.695. The number of carbonyl (C=O) groups is 2. The average Bonchev–Trinajstić information content (AvgIpc) is 3.22. The number of rotatable bonds is 3. The summed E-state index contributed by atoms with van der Waals surface area (Å²) in [5.41, 5.74) is 8.48. The number of carbonyl (C=O) groups excluding carboxylic acids is 2. The average molecular weight is 405 g/mol. The van der Waals surface area contributed by atoms with E-state index < -0.39 is 9.84 Å². The molecule has 0 unspecified atom stereocenters. The smallest absolute Gasteiger partial charge is 0.273 e. The van der Waals surface area contributed by atoms with Crippen LogP contribution in [-0.4, -0.2) is 31.7 Å². The van der Waals surface area contributed by atoms with Gasteiger partial charge in [-0.2, -0.15) is 0 Å². The van der Waals surface area contributed by atoms with Gasteiger partial charge in [0.05, 0.1) is 16.4 Å². The highest BCUT2D eigenvalue weighted by molar-refractivity contribution is 7.91. The minimum absolute atomic E-state index is 0.0470. The van der Waals surface area contributed by atoms with Crippen LogP contribution in [-0.2, 0) is 27.5 Å². The first-order valence-corrected chi connectivity index (χ1v) is 11.6. The zero-order valence-electron chi connectivity index (χ0n) is 14.7. The molecule has 4 rings (SSSR count). The van der Waals surface area contributed by atoms with Crippen LogP contribution in [0.3, 0.4) is 0 Å². The van der Waals surface area contributed by atoms with E-state index in [1.54, 1.807) is 0 Å². The predicted molar refractivity (Wildman–Crippen MR) is 104 cm³/mol. The topological polar surface area (TPSA) is 92.3 Å². The van der Waals surface area contributed by atoms with Crippen LogP contribution < -0.4 is 10.9 Å². The van der Waals surface area contributed by atoms with Gasteiger partial charge in [-0.1, -0.05) is 24.3 Å². The van der Waals surface area contributed by atoms with Gasteiger partial charge in [0.1, 0.15) is 0 Å². The van der Waals surface area contributed by atoms with Crippen LogP contribution in [0.4, 0.5) is 0 Å². The summed E-state index contributed by atoms with van der Waals surface area (Å²) in [6.45, 7) is 0. The number of hydrazine groups is 1. The molecule has 1 aromatic heterocycles. The SMILES string of the molecule is O=C(C[C@@H]1CCS(=O)(=O)C1)NNC(=O)c1cc2c(s1)-c1ccccc1CC2. The maximum Gasteiger partial charge on any atom is 0.279 e. The molecule has 1 saturated heterocycles. The highest BCUT2D eigenvalue weighted by atomic mass is 32.2. The summed E-state index contributed by atoms with van der Waals surface area (Å²) in [4.78, 5) is 26.1. The molecule has 1 fully saturated rings. The Labute approximate surface area is 161 Å². The second-order valence-corrected chi connectivity index (χ2v) is 10.4. The predicted octanol–water partition coefficient (Wildman–Crippen LogP) is 2.10. The molecule has 1 atom stereocenters. The standard InChI is InChI=1S/C19H20N2O4S2/c22-17(9-12-7-8-27(24,25)11-12)20-21-19(23)16-10-14-6-5-13-3-1-2-4-15(13)18(14)26-16/h1-4,10,12H,5-9,11H2,(H,20,22)(H,21,23)/t12-/m0/s1. The maximum absolute atomic E-state index is 12.4. The molecule has 0 radical (unpaired) electrons. The summed E-state index contributed by atoms with van der Waals surface area (Å²) in [5, 5.41) is 0. The number of sulfone groups is 1. The third kappa shape index (κ3) is 3.91. The quantitative estimate of drug-likeness (QED) is 0.767. The first-order chi connectivity index (χ1) is 12.9. The summed E-state index contributed by atoms with van der Waals surface area (Å²) in [6.07, 6.45) is 2.47. The van der Waals surface area contributed by atoms with Crippen molar-refractivity contribution in [2.24, 2.45) is 5.92 Å². The summed E-state index contributed by atoms with van der Waals surface area (Å²) in [7, 11) is -3.01. The van der Waals surface area contributed by atoms with Gasteiger partial charge in [-0.15, -0.1) is 11.3 Å². The van der Waals surface area contributed by atoms with Crippen LogP contribution in [0.5, 0.6) is 0 Å². The molecule has 1 aliphatic heterocycles. The van der Waals surface area contributed by atoms with Gasteiger partial charge in [0.15, 0.2) is 9.84 Å². The zero-order valence-corrected chi connectivity index (χ0v) is 16.3. The summed E-state index contributed by atoms with van der Waals surface area (Å²) < 4.78 is 22.9. The van der Waals surface area contributed by atoms with Crippen LogP contribution in [0, 0.1) is 5.92 Å². The van der Waals surface area contributed by atoms with E-state index in [2.05, 4.69) is 23.0 Å². The van der Waals surface area contributed by atoms with E-state index in [-0.39, 0.29) is 35.7 Å². The number of benzene rings is 1. The fraction of sp³-hybridized carbons (Fsp3) is 0.368. The molecule has 2 amide bonds. The van der Waals surface area contributed by atoms with Gasteiger partial charge >= 0.3 is 0 Å². The molecule has 6 nitrogen and oxygen atoms in total. The Balaban J connectivity index is 1.37. The van der Waals surface area contributed by atoms with E-state index in [0.717, 1.165) is 23.3 Å². The number of amides is 2. The molecule has 2 aromatic rings. The molecular weight excluding hydrogens is 384 g/mol. The summed E-state index contributed by atoms with van der Waals surface area (Å²) in [6, 6.07) is 10.1. The number of thiophene rings is 1. The molecule has 0 saturated carbocycles. The second-order valence-electron chi connectivity index (χ2n) is 7.10. The van der Waals surface area contributed by atoms with E-state index in [0.29, 0.717) is 11.3 Å². The zero-order chi connectivity index (χ0) is 19.0. The Morgan fingerprint density at radius 1 is 1.11 bits per heavy atom. The lowest BCUT2D eigenvalue weighted by Crippen LogP contribution is -2.42. The van der Waals surface area contributed by atoms with Crippen molar-refractivity contribution in [2.75, 3.05) is 11.5 Å². The van der Waals surface area contributed by atoms with Crippen LogP contribution in [0.2, 0.25) is 0 Å². The Bertz CT molecular complexity index is 1010. The molecule has 142 valence electrons. The Hall–Kier alpha value is -2.19. The van der Waals surface area contributed by atoms with Gasteiger partial charge in [-0.25, -0.2) is 8.42 Å². The Morgan fingerprint density at radius 2 is 1.89 bits per heavy atom. The lowest BCUT2D eigenvalue weighted by molar-refractivity contribution is -0.122. The minimum atomic E-state index is -3.01. The van der Waals surface area contributed by atoms with E-state index in [4.69, 9.17) is 0 Å². The molecule has 0 bridgehead atoms. The fourth-order valence-corrected chi connectivity index (χ4v) is 6.75. The van der Waals surface area contributed by atoms with Crippen molar-refractivity contribution < 1.29 is 18.0 Å². The van der Waals surface area contributed by atoms with Crippen LogP contribution >= 0.6 is 11.3 Å². The number of nitrogens with one attached hydrogen (secondary N) is 2. The van der Waals surface area contributed by atoms with Gasteiger partial charge in [-0.3, -0.25) is 20.4 Å². The molecule has 1 aromatic carbocycles. The fourth-order valence-electron chi connectivity index (χ4n) is 3.72. The number of fused-ring (bicyclic) bond motifs is 3. The van der Waals surface area contributed by atoms with E-state index in [1.165, 1.54) is 22.5 Å². The lowest BCUT2D eigenvalue weighted by atomic mass is 9.91. The number of hydrogen-bond donors (Lipinski definition) is 2. The normalized spacial score (nSPS) is 19.8. The van der Waals surface area contributed by atoms with Crippen LogP contribution in [0.1, 0.15) is 33.6 Å². The highest BCUT2D eigenvalue weighted by Gasteiger charge is 2.29. The third-order valence-electron chi connectivity index (χ3n) is 5.07. The largest absolute Gasteiger partial charge is 0.279 e. The van der Waals surface area contributed by atoms with Gasteiger partial charge in [0, 0.05) is 11.3 Å². The van der Waals surface area contributed by atoms with E-state index >= 15 is 0 Å². The van der Waals surface area contributed by atoms with Crippen molar-refractivity contribution in [1.29, 1.82) is 0 Å². The molecule has 8 heteroatoms. The summed E-state index contributed by atoms with van der Waals surface area (Å²) >= 11 is 1.43. The lowest BCUT2D eigenvalue weighted by Gasteiger charge is -2.15. The molecule has 27 heavy (non-hydrogen) atoms. The van der Waals surface area contributed by atoms with Gasteiger partial charge in [-0.05, 0) is 47.9 Å². The minimum Gasteiger partial charge on any atom is -0.273 e. The second kappa shape index (κ2) is 7.09. The molecular formula is C19H20N2O4S2. The highest BCUT2D eigenvalue weighted by Crippen LogP contribution is 2.39. The van der Waals surface area contributed by atoms with Gasteiger partial charge in [0.25, 0.3) is 5.91 Å². The van der Waals surface area contributed by atoms with E-state index in [1.807, 2.05) is 18.2 Å². The van der Waals surface area contributed by atoms with Gasteiger partial charge in [0.2, 0.25) is 5.91 Å². The maximum atomic E-state index is 12.4. The van der Waals surface area contributed by atoms with Gasteiger partial charge < -0.3 is 0 Å². The Kier molecular flexibility index (Phi) is 4.77. The van der Waals surface area contributed by atoms with Crippen molar-refractivity contribution in [3.8, 4) is 10.4 Å². The first kappa shape index (κ1) is 18.2. The molecule has 2 heterocycles. The third-order valence-corrected chi connectivity index (χ3v) is 8.12.